The SMILES string of the molecule is O=C1NC(=O)c2cc(Nc3nc(CN4CCCC4)nc4ccccc34)ccc21. The van der Waals surface area contributed by atoms with Crippen LogP contribution in [0.4, 0.5) is 11.5 Å². The van der Waals surface area contributed by atoms with Gasteiger partial charge in [-0.25, -0.2) is 9.97 Å². The van der Waals surface area contributed by atoms with Crippen LogP contribution in [0.5, 0.6) is 0 Å². The van der Waals surface area contributed by atoms with Crippen molar-refractivity contribution in [3.63, 3.8) is 0 Å². The van der Waals surface area contributed by atoms with Crippen LogP contribution in [0.25, 0.3) is 10.9 Å². The molecule has 0 saturated carbocycles. The van der Waals surface area contributed by atoms with Crippen LogP contribution in [0.1, 0.15) is 39.4 Å². The van der Waals surface area contributed by atoms with E-state index in [-0.39, 0.29) is 11.8 Å². The van der Waals surface area contributed by atoms with Crippen molar-refractivity contribution in [2.75, 3.05) is 18.4 Å². The van der Waals surface area contributed by atoms with E-state index in [4.69, 9.17) is 9.97 Å². The number of fused-ring (bicyclic) bond motifs is 2. The summed E-state index contributed by atoms with van der Waals surface area (Å²) in [5, 5.41) is 6.54. The molecule has 140 valence electrons. The molecular formula is C21H19N5O2. The highest BCUT2D eigenvalue weighted by Crippen LogP contribution is 2.27. The summed E-state index contributed by atoms with van der Waals surface area (Å²) in [6.07, 6.45) is 2.43. The van der Waals surface area contributed by atoms with E-state index in [9.17, 15) is 9.59 Å². The number of aromatic nitrogens is 2. The molecule has 7 nitrogen and oxygen atoms in total. The van der Waals surface area contributed by atoms with Gasteiger partial charge in [0.15, 0.2) is 0 Å². The Bertz CT molecular complexity index is 1110. The fourth-order valence-corrected chi connectivity index (χ4v) is 3.81. The molecule has 2 aliphatic heterocycles. The number of imide groups is 1. The van der Waals surface area contributed by atoms with Gasteiger partial charge in [-0.1, -0.05) is 12.1 Å². The minimum atomic E-state index is -0.370. The molecule has 0 spiro atoms. The van der Waals surface area contributed by atoms with E-state index in [2.05, 4.69) is 15.5 Å². The summed E-state index contributed by atoms with van der Waals surface area (Å²) in [6.45, 7) is 2.88. The molecule has 2 amide bonds. The molecule has 3 aromatic rings. The maximum atomic E-state index is 11.9. The Hall–Kier alpha value is -3.32. The molecule has 0 radical (unpaired) electrons. The summed E-state index contributed by atoms with van der Waals surface area (Å²) < 4.78 is 0. The standard InChI is InChI=1S/C21H19N5O2/c27-20-14-8-7-13(11-16(14)21(28)25-20)22-19-15-5-1-2-6-17(15)23-18(24-19)12-26-9-3-4-10-26/h1-2,5-8,11H,3-4,9-10,12H2,(H,22,23,24)(H,25,27,28). The Balaban J connectivity index is 1.52. The van der Waals surface area contributed by atoms with Crippen molar-refractivity contribution >= 4 is 34.2 Å². The summed E-state index contributed by atoms with van der Waals surface area (Å²) in [7, 11) is 0. The van der Waals surface area contributed by atoms with Crippen LogP contribution in [0.2, 0.25) is 0 Å². The van der Waals surface area contributed by atoms with Gasteiger partial charge in [0.25, 0.3) is 11.8 Å². The first-order chi connectivity index (χ1) is 13.7. The second kappa shape index (κ2) is 6.69. The van der Waals surface area contributed by atoms with Gasteiger partial charge in [0.1, 0.15) is 11.6 Å². The van der Waals surface area contributed by atoms with E-state index in [1.165, 1.54) is 12.8 Å². The van der Waals surface area contributed by atoms with Crippen LogP contribution in [-0.4, -0.2) is 39.8 Å². The molecule has 2 N–H and O–H groups in total. The second-order valence-electron chi connectivity index (χ2n) is 7.16. The highest BCUT2D eigenvalue weighted by Gasteiger charge is 2.26. The molecule has 0 unspecified atom stereocenters. The first-order valence-electron chi connectivity index (χ1n) is 9.42. The summed E-state index contributed by atoms with van der Waals surface area (Å²) in [6, 6.07) is 13.0. The number of nitrogens with one attached hydrogen (secondary N) is 2. The monoisotopic (exact) mass is 373 g/mol. The Kier molecular flexibility index (Phi) is 4.02. The smallest absolute Gasteiger partial charge is 0.259 e. The van der Waals surface area contributed by atoms with Gasteiger partial charge in [-0.15, -0.1) is 0 Å². The Morgan fingerprint density at radius 1 is 0.964 bits per heavy atom. The van der Waals surface area contributed by atoms with Crippen molar-refractivity contribution in [1.29, 1.82) is 0 Å². The van der Waals surface area contributed by atoms with Gasteiger partial charge < -0.3 is 5.32 Å². The second-order valence-corrected chi connectivity index (χ2v) is 7.16. The lowest BCUT2D eigenvalue weighted by molar-refractivity contribution is 0.0879. The van der Waals surface area contributed by atoms with Crippen LogP contribution in [-0.2, 0) is 6.54 Å². The maximum absolute atomic E-state index is 11.9. The van der Waals surface area contributed by atoms with Crippen molar-refractivity contribution in [1.82, 2.24) is 20.2 Å². The quantitative estimate of drug-likeness (QED) is 0.684. The molecule has 2 aliphatic rings. The molecular weight excluding hydrogens is 354 g/mol. The van der Waals surface area contributed by atoms with Crippen LogP contribution >= 0.6 is 0 Å². The molecule has 2 aromatic carbocycles. The summed E-state index contributed by atoms with van der Waals surface area (Å²) >= 11 is 0. The molecule has 1 aromatic heterocycles. The van der Waals surface area contributed by atoms with Gasteiger partial charge in [-0.05, 0) is 56.3 Å². The van der Waals surface area contributed by atoms with E-state index in [1.54, 1.807) is 18.2 Å². The van der Waals surface area contributed by atoms with Crippen molar-refractivity contribution in [2.45, 2.75) is 19.4 Å². The normalized spacial score (nSPS) is 16.4. The number of hydrogen-bond acceptors (Lipinski definition) is 6. The zero-order valence-corrected chi connectivity index (χ0v) is 15.2. The van der Waals surface area contributed by atoms with Crippen LogP contribution in [0.15, 0.2) is 42.5 Å². The summed E-state index contributed by atoms with van der Waals surface area (Å²) in [5.74, 6) is 0.750. The van der Waals surface area contributed by atoms with E-state index in [0.717, 1.165) is 36.4 Å². The van der Waals surface area contributed by atoms with Gasteiger partial charge in [0, 0.05) is 11.1 Å². The molecule has 7 heteroatoms. The zero-order chi connectivity index (χ0) is 19.1. The van der Waals surface area contributed by atoms with Crippen molar-refractivity contribution in [3.05, 3.63) is 59.4 Å². The first kappa shape index (κ1) is 16.8. The molecule has 28 heavy (non-hydrogen) atoms. The number of hydrogen-bond donors (Lipinski definition) is 2. The highest BCUT2D eigenvalue weighted by molar-refractivity contribution is 6.21. The lowest BCUT2D eigenvalue weighted by Crippen LogP contribution is -2.20. The van der Waals surface area contributed by atoms with Crippen LogP contribution in [0.3, 0.4) is 0 Å². The average Bonchev–Trinajstić information content (AvgIpc) is 3.30. The number of benzene rings is 2. The topological polar surface area (TPSA) is 87.2 Å². The summed E-state index contributed by atoms with van der Waals surface area (Å²) in [4.78, 5) is 35.5. The maximum Gasteiger partial charge on any atom is 0.259 e. The van der Waals surface area contributed by atoms with Gasteiger partial charge >= 0.3 is 0 Å². The lowest BCUT2D eigenvalue weighted by atomic mass is 10.1. The fraction of sp³-hybridized carbons (Fsp3) is 0.238. The van der Waals surface area contributed by atoms with E-state index in [1.807, 2.05) is 24.3 Å². The largest absolute Gasteiger partial charge is 0.340 e. The Morgan fingerprint density at radius 2 is 1.75 bits per heavy atom. The van der Waals surface area contributed by atoms with Crippen LogP contribution in [0, 0.1) is 0 Å². The third-order valence-electron chi connectivity index (χ3n) is 5.21. The predicted molar refractivity (Wildman–Crippen MR) is 106 cm³/mol. The third kappa shape index (κ3) is 2.99. The molecule has 1 fully saturated rings. The van der Waals surface area contributed by atoms with E-state index in [0.29, 0.717) is 22.6 Å². The molecule has 0 bridgehead atoms. The number of likely N-dealkylation sites (tertiary alicyclic amines) is 1. The minimum Gasteiger partial charge on any atom is -0.340 e. The molecule has 5 rings (SSSR count). The zero-order valence-electron chi connectivity index (χ0n) is 15.2. The molecule has 3 heterocycles. The van der Waals surface area contributed by atoms with Crippen LogP contribution < -0.4 is 10.6 Å². The minimum absolute atomic E-state index is 0.355. The predicted octanol–water partition coefficient (Wildman–Crippen LogP) is 2.85. The number of carbonyl (C=O) groups excluding carboxylic acids is 2. The number of para-hydroxylation sites is 1. The fourth-order valence-electron chi connectivity index (χ4n) is 3.81. The number of nitrogens with zero attached hydrogens (tertiary/aromatic N) is 3. The first-order valence-corrected chi connectivity index (χ1v) is 9.42. The lowest BCUT2D eigenvalue weighted by Gasteiger charge is -2.16. The number of amides is 2. The number of rotatable bonds is 4. The Morgan fingerprint density at radius 3 is 2.61 bits per heavy atom. The van der Waals surface area contributed by atoms with Crippen molar-refractivity contribution in [3.8, 4) is 0 Å². The molecule has 0 atom stereocenters. The number of anilines is 2. The summed E-state index contributed by atoms with van der Waals surface area (Å²) in [5.41, 5.74) is 2.37. The molecule has 1 saturated heterocycles. The van der Waals surface area contributed by atoms with E-state index >= 15 is 0 Å². The average molecular weight is 373 g/mol. The number of carbonyl (C=O) groups is 2. The molecule has 0 aliphatic carbocycles. The van der Waals surface area contributed by atoms with Crippen molar-refractivity contribution in [2.24, 2.45) is 0 Å². The van der Waals surface area contributed by atoms with Crippen molar-refractivity contribution < 1.29 is 9.59 Å². The van der Waals surface area contributed by atoms with E-state index < -0.39 is 0 Å². The Labute approximate surface area is 161 Å². The highest BCUT2D eigenvalue weighted by atomic mass is 16.2. The van der Waals surface area contributed by atoms with Gasteiger partial charge in [0.05, 0.1) is 23.2 Å². The van der Waals surface area contributed by atoms with Gasteiger partial charge in [-0.2, -0.15) is 0 Å². The van der Waals surface area contributed by atoms with Gasteiger partial charge in [0.2, 0.25) is 0 Å². The van der Waals surface area contributed by atoms with Gasteiger partial charge in [-0.3, -0.25) is 19.8 Å². The third-order valence-corrected chi connectivity index (χ3v) is 5.21.